The molecule has 1 heteroatoms. The van der Waals surface area contributed by atoms with Crippen molar-refractivity contribution in [1.29, 1.82) is 0 Å². The predicted molar refractivity (Wildman–Crippen MR) is 52.7 cm³/mol. The third-order valence-corrected chi connectivity index (χ3v) is 2.51. The van der Waals surface area contributed by atoms with E-state index in [4.69, 9.17) is 0 Å². The molecule has 0 saturated heterocycles. The van der Waals surface area contributed by atoms with Gasteiger partial charge in [-0.3, -0.25) is 0 Å². The molecule has 1 aliphatic heterocycles. The van der Waals surface area contributed by atoms with E-state index < -0.39 is 0 Å². The third-order valence-electron chi connectivity index (χ3n) is 2.51. The minimum Gasteiger partial charge on any atom is -0.384 e. The van der Waals surface area contributed by atoms with E-state index in [-0.39, 0.29) is 0 Å². The van der Waals surface area contributed by atoms with Crippen LogP contribution in [0.5, 0.6) is 0 Å². The Morgan fingerprint density at radius 3 is 2.92 bits per heavy atom. The van der Waals surface area contributed by atoms with E-state index in [1.807, 2.05) is 0 Å². The van der Waals surface area contributed by atoms with Crippen molar-refractivity contribution < 1.29 is 0 Å². The van der Waals surface area contributed by atoms with Crippen LogP contribution in [0.3, 0.4) is 0 Å². The van der Waals surface area contributed by atoms with Crippen molar-refractivity contribution in [3.8, 4) is 0 Å². The zero-order valence-corrected chi connectivity index (χ0v) is 7.72. The number of hydrogen-bond donors (Lipinski definition) is 1. The van der Waals surface area contributed by atoms with Crippen LogP contribution in [0.4, 0.5) is 5.69 Å². The summed E-state index contributed by atoms with van der Waals surface area (Å²) < 4.78 is 0. The lowest BCUT2D eigenvalue weighted by Crippen LogP contribution is -1.92. The lowest BCUT2D eigenvalue weighted by Gasteiger charge is -2.07. The molecule has 0 radical (unpaired) electrons. The number of nitrogens with one attached hydrogen (secondary N) is 1. The van der Waals surface area contributed by atoms with Crippen LogP contribution in [0, 0.1) is 0 Å². The van der Waals surface area contributed by atoms with Crippen molar-refractivity contribution in [2.75, 3.05) is 11.9 Å². The van der Waals surface area contributed by atoms with Gasteiger partial charge in [-0.15, -0.1) is 0 Å². The molecule has 1 nitrogen and oxygen atoms in total. The Bertz CT molecular complexity index is 289. The first-order valence-electron chi connectivity index (χ1n) is 4.64. The summed E-state index contributed by atoms with van der Waals surface area (Å²) >= 11 is 0. The summed E-state index contributed by atoms with van der Waals surface area (Å²) in [5.74, 6) is 0.637. The van der Waals surface area contributed by atoms with Gasteiger partial charge in [0.1, 0.15) is 0 Å². The van der Waals surface area contributed by atoms with Gasteiger partial charge in [0, 0.05) is 12.2 Å². The van der Waals surface area contributed by atoms with Gasteiger partial charge in [-0.05, 0) is 29.5 Å². The minimum atomic E-state index is 0.637. The highest BCUT2D eigenvalue weighted by Crippen LogP contribution is 2.26. The topological polar surface area (TPSA) is 12.0 Å². The van der Waals surface area contributed by atoms with Crippen LogP contribution in [0.15, 0.2) is 18.2 Å². The van der Waals surface area contributed by atoms with E-state index in [1.54, 1.807) is 0 Å². The van der Waals surface area contributed by atoms with Crippen LogP contribution in [-0.2, 0) is 6.42 Å². The van der Waals surface area contributed by atoms with Gasteiger partial charge in [0.2, 0.25) is 0 Å². The second-order valence-corrected chi connectivity index (χ2v) is 3.75. The number of benzene rings is 1. The summed E-state index contributed by atoms with van der Waals surface area (Å²) in [6.45, 7) is 5.57. The molecule has 1 N–H and O–H groups in total. The average molecular weight is 161 g/mol. The van der Waals surface area contributed by atoms with E-state index in [9.17, 15) is 0 Å². The fourth-order valence-electron chi connectivity index (χ4n) is 1.67. The summed E-state index contributed by atoms with van der Waals surface area (Å²) in [4.78, 5) is 0. The highest BCUT2D eigenvalue weighted by molar-refractivity contribution is 5.57. The highest BCUT2D eigenvalue weighted by atomic mass is 14.9. The summed E-state index contributed by atoms with van der Waals surface area (Å²) in [7, 11) is 0. The highest BCUT2D eigenvalue weighted by Gasteiger charge is 2.10. The van der Waals surface area contributed by atoms with Crippen molar-refractivity contribution in [2.45, 2.75) is 26.2 Å². The maximum absolute atomic E-state index is 3.40. The minimum absolute atomic E-state index is 0.637. The molecule has 0 saturated carbocycles. The maximum atomic E-state index is 3.40. The summed E-state index contributed by atoms with van der Waals surface area (Å²) in [6.07, 6.45) is 1.19. The molecule has 0 bridgehead atoms. The van der Waals surface area contributed by atoms with E-state index >= 15 is 0 Å². The molecule has 64 valence electrons. The molecule has 0 aromatic heterocycles. The molecule has 0 spiro atoms. The lowest BCUT2D eigenvalue weighted by molar-refractivity contribution is 0.867. The van der Waals surface area contributed by atoms with Crippen molar-refractivity contribution in [1.82, 2.24) is 0 Å². The molecule has 1 aromatic rings. The SMILES string of the molecule is CC(C)c1ccc2c(c1)NCC2. The van der Waals surface area contributed by atoms with Crippen LogP contribution >= 0.6 is 0 Å². The maximum Gasteiger partial charge on any atom is 0.0376 e. The molecule has 0 fully saturated rings. The van der Waals surface area contributed by atoms with E-state index in [0.717, 1.165) is 6.54 Å². The molecule has 0 unspecified atom stereocenters. The van der Waals surface area contributed by atoms with Crippen molar-refractivity contribution >= 4 is 5.69 Å². The molecule has 1 aliphatic rings. The van der Waals surface area contributed by atoms with Crippen molar-refractivity contribution in [3.63, 3.8) is 0 Å². The van der Waals surface area contributed by atoms with Crippen LogP contribution in [0.1, 0.15) is 30.9 Å². The number of fused-ring (bicyclic) bond motifs is 1. The standard InChI is InChI=1S/C11H15N/c1-8(2)10-4-3-9-5-6-12-11(9)7-10/h3-4,7-8,12H,5-6H2,1-2H3. The van der Waals surface area contributed by atoms with Crippen LogP contribution < -0.4 is 5.32 Å². The van der Waals surface area contributed by atoms with Gasteiger partial charge in [-0.1, -0.05) is 26.0 Å². The van der Waals surface area contributed by atoms with Gasteiger partial charge in [0.25, 0.3) is 0 Å². The molecular formula is C11H15N. The van der Waals surface area contributed by atoms with Crippen LogP contribution in [-0.4, -0.2) is 6.54 Å². The largest absolute Gasteiger partial charge is 0.384 e. The smallest absolute Gasteiger partial charge is 0.0376 e. The second-order valence-electron chi connectivity index (χ2n) is 3.75. The van der Waals surface area contributed by atoms with Crippen LogP contribution in [0.2, 0.25) is 0 Å². The predicted octanol–water partition coefficient (Wildman–Crippen LogP) is 2.78. The Labute approximate surface area is 73.8 Å². The van der Waals surface area contributed by atoms with Gasteiger partial charge < -0.3 is 5.32 Å². The Kier molecular flexibility index (Phi) is 1.80. The third kappa shape index (κ3) is 1.20. The Morgan fingerprint density at radius 2 is 2.17 bits per heavy atom. The first kappa shape index (κ1) is 7.66. The lowest BCUT2D eigenvalue weighted by atomic mass is 10.0. The first-order valence-corrected chi connectivity index (χ1v) is 4.64. The molecule has 0 amide bonds. The monoisotopic (exact) mass is 161 g/mol. The van der Waals surface area contributed by atoms with Gasteiger partial charge in [-0.25, -0.2) is 0 Å². The van der Waals surface area contributed by atoms with Gasteiger partial charge in [0.05, 0.1) is 0 Å². The van der Waals surface area contributed by atoms with Gasteiger partial charge in [0.15, 0.2) is 0 Å². The number of hydrogen-bond acceptors (Lipinski definition) is 1. The summed E-state index contributed by atoms with van der Waals surface area (Å²) in [5, 5.41) is 3.40. The molecule has 0 aliphatic carbocycles. The molecule has 0 atom stereocenters. The number of anilines is 1. The quantitative estimate of drug-likeness (QED) is 0.667. The molecule has 1 aromatic carbocycles. The Balaban J connectivity index is 2.39. The Morgan fingerprint density at radius 1 is 1.33 bits per heavy atom. The molecular weight excluding hydrogens is 146 g/mol. The summed E-state index contributed by atoms with van der Waals surface area (Å²) in [5.41, 5.74) is 4.25. The first-order chi connectivity index (χ1) is 5.77. The zero-order chi connectivity index (χ0) is 8.55. The molecule has 1 heterocycles. The van der Waals surface area contributed by atoms with E-state index in [1.165, 1.54) is 23.2 Å². The zero-order valence-electron chi connectivity index (χ0n) is 7.72. The van der Waals surface area contributed by atoms with Crippen molar-refractivity contribution in [2.24, 2.45) is 0 Å². The Hall–Kier alpha value is -0.980. The molecule has 12 heavy (non-hydrogen) atoms. The second kappa shape index (κ2) is 2.81. The van der Waals surface area contributed by atoms with Crippen molar-refractivity contribution in [3.05, 3.63) is 29.3 Å². The molecule has 2 rings (SSSR count). The van der Waals surface area contributed by atoms with Crippen LogP contribution in [0.25, 0.3) is 0 Å². The van der Waals surface area contributed by atoms with Gasteiger partial charge in [-0.2, -0.15) is 0 Å². The van der Waals surface area contributed by atoms with E-state index in [2.05, 4.69) is 37.4 Å². The summed E-state index contributed by atoms with van der Waals surface area (Å²) in [6, 6.07) is 6.79. The average Bonchev–Trinajstić information content (AvgIpc) is 2.49. The van der Waals surface area contributed by atoms with E-state index in [0.29, 0.717) is 5.92 Å². The number of rotatable bonds is 1. The van der Waals surface area contributed by atoms with Gasteiger partial charge >= 0.3 is 0 Å². The fraction of sp³-hybridized carbons (Fsp3) is 0.455. The normalized spacial score (nSPS) is 14.6. The fourth-order valence-corrected chi connectivity index (χ4v) is 1.67.